The molecule has 0 aliphatic carbocycles. The summed E-state index contributed by atoms with van der Waals surface area (Å²) in [5, 5.41) is 0. The minimum atomic E-state index is -0.208. The maximum absolute atomic E-state index is 13.6. The highest BCUT2D eigenvalue weighted by Gasteiger charge is 2.15. The van der Waals surface area contributed by atoms with Gasteiger partial charge in [-0.25, -0.2) is 9.37 Å². The molecule has 2 rings (SSSR count). The molecule has 0 spiro atoms. The van der Waals surface area contributed by atoms with E-state index < -0.39 is 0 Å². The smallest absolute Gasteiger partial charge is 0.128 e. The van der Waals surface area contributed by atoms with E-state index in [1.807, 2.05) is 6.07 Å². The molecule has 1 aromatic heterocycles. The first-order valence-corrected chi connectivity index (χ1v) is 7.35. The van der Waals surface area contributed by atoms with Crippen LogP contribution in [0.25, 0.3) is 11.0 Å². The number of nitrogens with zero attached hydrogens (tertiary/aromatic N) is 2. The fourth-order valence-electron chi connectivity index (χ4n) is 2.41. The fraction of sp³-hybridized carbons (Fsp3) is 0.533. The van der Waals surface area contributed by atoms with E-state index >= 15 is 0 Å². The van der Waals surface area contributed by atoms with E-state index in [1.165, 1.54) is 6.07 Å². The Morgan fingerprint density at radius 1 is 1.32 bits per heavy atom. The molecule has 0 saturated carbocycles. The number of fused-ring (bicyclic) bond motifs is 1. The van der Waals surface area contributed by atoms with Gasteiger partial charge in [0, 0.05) is 12.6 Å². The molecule has 0 N–H and O–H groups in total. The molecular weight excluding hydrogens is 263 g/mol. The molecule has 0 saturated heterocycles. The number of benzene rings is 1. The molecular formula is C15H20ClFN2. The van der Waals surface area contributed by atoms with Crippen LogP contribution in [-0.2, 0) is 12.4 Å². The molecule has 2 aromatic rings. The second kappa shape index (κ2) is 5.91. The van der Waals surface area contributed by atoms with Gasteiger partial charge in [-0.05, 0) is 24.5 Å². The lowest BCUT2D eigenvalue weighted by Gasteiger charge is -2.15. The number of hydrogen-bond donors (Lipinski definition) is 0. The third kappa shape index (κ3) is 2.76. The average molecular weight is 283 g/mol. The standard InChI is InChI=1S/C15H20ClFN2/c1-4-11(5-2)9-19-14-6-10(3)12(17)7-13(14)18-15(19)8-16/h6-7,11H,4-5,8-9H2,1-3H3. The van der Waals surface area contributed by atoms with Gasteiger partial charge in [-0.15, -0.1) is 11.6 Å². The lowest BCUT2D eigenvalue weighted by molar-refractivity contribution is 0.419. The summed E-state index contributed by atoms with van der Waals surface area (Å²) in [6.45, 7) is 7.07. The van der Waals surface area contributed by atoms with Crippen molar-refractivity contribution in [3.63, 3.8) is 0 Å². The summed E-state index contributed by atoms with van der Waals surface area (Å²) in [4.78, 5) is 4.45. The Bertz CT molecular complexity index is 573. The number of alkyl halides is 1. The molecule has 19 heavy (non-hydrogen) atoms. The molecule has 104 valence electrons. The van der Waals surface area contributed by atoms with Crippen molar-refractivity contribution in [2.75, 3.05) is 0 Å². The van der Waals surface area contributed by atoms with Gasteiger partial charge in [0.1, 0.15) is 11.6 Å². The minimum Gasteiger partial charge on any atom is -0.327 e. The third-order valence-electron chi connectivity index (χ3n) is 3.82. The molecule has 1 heterocycles. The molecule has 0 amide bonds. The Morgan fingerprint density at radius 3 is 2.58 bits per heavy atom. The molecule has 0 atom stereocenters. The normalized spacial score (nSPS) is 11.7. The van der Waals surface area contributed by atoms with Gasteiger partial charge in [0.15, 0.2) is 0 Å². The van der Waals surface area contributed by atoms with Crippen LogP contribution in [0.15, 0.2) is 12.1 Å². The van der Waals surface area contributed by atoms with Crippen molar-refractivity contribution >= 4 is 22.6 Å². The second-order valence-electron chi connectivity index (χ2n) is 5.04. The highest BCUT2D eigenvalue weighted by atomic mass is 35.5. The molecule has 0 fully saturated rings. The van der Waals surface area contributed by atoms with Gasteiger partial charge in [0.05, 0.1) is 16.9 Å². The van der Waals surface area contributed by atoms with Crippen LogP contribution >= 0.6 is 11.6 Å². The highest BCUT2D eigenvalue weighted by molar-refractivity contribution is 6.16. The largest absolute Gasteiger partial charge is 0.327 e. The second-order valence-corrected chi connectivity index (χ2v) is 5.31. The molecule has 0 bridgehead atoms. The third-order valence-corrected chi connectivity index (χ3v) is 4.06. The molecule has 0 unspecified atom stereocenters. The van der Waals surface area contributed by atoms with Crippen molar-refractivity contribution in [3.8, 4) is 0 Å². The first-order chi connectivity index (χ1) is 9.10. The first kappa shape index (κ1) is 14.3. The van der Waals surface area contributed by atoms with Crippen molar-refractivity contribution in [2.45, 2.75) is 46.0 Å². The minimum absolute atomic E-state index is 0.208. The van der Waals surface area contributed by atoms with Gasteiger partial charge in [-0.1, -0.05) is 26.7 Å². The van der Waals surface area contributed by atoms with Crippen LogP contribution < -0.4 is 0 Å². The predicted molar refractivity (Wildman–Crippen MR) is 78.1 cm³/mol. The average Bonchev–Trinajstić information content (AvgIpc) is 2.73. The zero-order valence-electron chi connectivity index (χ0n) is 11.7. The number of rotatable bonds is 5. The molecule has 4 heteroatoms. The summed E-state index contributed by atoms with van der Waals surface area (Å²) in [5.41, 5.74) is 2.34. The zero-order valence-corrected chi connectivity index (χ0v) is 12.5. The Hall–Kier alpha value is -1.09. The lowest BCUT2D eigenvalue weighted by Crippen LogP contribution is -2.11. The van der Waals surface area contributed by atoms with Crippen LogP contribution in [0, 0.1) is 18.7 Å². The number of aromatic nitrogens is 2. The van der Waals surface area contributed by atoms with Crippen molar-refractivity contribution in [3.05, 3.63) is 29.3 Å². The van der Waals surface area contributed by atoms with Crippen LogP contribution in [0.2, 0.25) is 0 Å². The number of imidazole rings is 1. The molecule has 0 aliphatic rings. The molecule has 1 aromatic carbocycles. The highest BCUT2D eigenvalue weighted by Crippen LogP contribution is 2.24. The maximum atomic E-state index is 13.6. The van der Waals surface area contributed by atoms with Crippen molar-refractivity contribution in [1.82, 2.24) is 9.55 Å². The summed E-state index contributed by atoms with van der Waals surface area (Å²) < 4.78 is 15.8. The van der Waals surface area contributed by atoms with Crippen LogP contribution in [-0.4, -0.2) is 9.55 Å². The van der Waals surface area contributed by atoms with Crippen LogP contribution in [0.1, 0.15) is 38.1 Å². The van der Waals surface area contributed by atoms with Crippen molar-refractivity contribution in [1.29, 1.82) is 0 Å². The van der Waals surface area contributed by atoms with Crippen LogP contribution in [0.4, 0.5) is 4.39 Å². The van der Waals surface area contributed by atoms with Gasteiger partial charge in [0.2, 0.25) is 0 Å². The summed E-state index contributed by atoms with van der Waals surface area (Å²) >= 11 is 5.98. The first-order valence-electron chi connectivity index (χ1n) is 6.81. The van der Waals surface area contributed by atoms with E-state index in [-0.39, 0.29) is 5.82 Å². The Morgan fingerprint density at radius 2 is 2.00 bits per heavy atom. The SMILES string of the molecule is CCC(CC)Cn1c(CCl)nc2cc(F)c(C)cc21. The quantitative estimate of drug-likeness (QED) is 0.729. The fourth-order valence-corrected chi connectivity index (χ4v) is 2.61. The molecule has 2 nitrogen and oxygen atoms in total. The van der Waals surface area contributed by atoms with E-state index in [0.717, 1.165) is 30.7 Å². The Labute approximate surface area is 118 Å². The maximum Gasteiger partial charge on any atom is 0.128 e. The lowest BCUT2D eigenvalue weighted by atomic mass is 10.0. The Balaban J connectivity index is 2.53. The van der Waals surface area contributed by atoms with Gasteiger partial charge in [-0.3, -0.25) is 0 Å². The van der Waals surface area contributed by atoms with E-state index in [2.05, 4.69) is 23.4 Å². The molecule has 0 radical (unpaired) electrons. The monoisotopic (exact) mass is 282 g/mol. The van der Waals surface area contributed by atoms with E-state index in [1.54, 1.807) is 6.92 Å². The zero-order chi connectivity index (χ0) is 14.0. The summed E-state index contributed by atoms with van der Waals surface area (Å²) in [5.74, 6) is 1.58. The number of aryl methyl sites for hydroxylation is 1. The van der Waals surface area contributed by atoms with Gasteiger partial charge in [0.25, 0.3) is 0 Å². The Kier molecular flexibility index (Phi) is 4.46. The molecule has 0 aliphatic heterocycles. The van der Waals surface area contributed by atoms with Gasteiger partial charge < -0.3 is 4.57 Å². The van der Waals surface area contributed by atoms with E-state index in [9.17, 15) is 4.39 Å². The summed E-state index contributed by atoms with van der Waals surface area (Å²) in [6.07, 6.45) is 2.25. The van der Waals surface area contributed by atoms with E-state index in [4.69, 9.17) is 11.6 Å². The number of hydrogen-bond acceptors (Lipinski definition) is 1. The van der Waals surface area contributed by atoms with Crippen molar-refractivity contribution < 1.29 is 4.39 Å². The van der Waals surface area contributed by atoms with E-state index in [0.29, 0.717) is 22.9 Å². The summed E-state index contributed by atoms with van der Waals surface area (Å²) in [6, 6.07) is 3.38. The topological polar surface area (TPSA) is 17.8 Å². The van der Waals surface area contributed by atoms with Gasteiger partial charge in [-0.2, -0.15) is 0 Å². The van der Waals surface area contributed by atoms with Crippen LogP contribution in [0.5, 0.6) is 0 Å². The van der Waals surface area contributed by atoms with Crippen LogP contribution in [0.3, 0.4) is 0 Å². The number of halogens is 2. The predicted octanol–water partition coefficient (Wildman–Crippen LogP) is 4.66. The summed E-state index contributed by atoms with van der Waals surface area (Å²) in [7, 11) is 0. The van der Waals surface area contributed by atoms with Crippen molar-refractivity contribution in [2.24, 2.45) is 5.92 Å². The van der Waals surface area contributed by atoms with Gasteiger partial charge >= 0.3 is 0 Å².